The molecule has 3 N–H and O–H groups in total. The van der Waals surface area contributed by atoms with E-state index in [4.69, 9.17) is 14.2 Å². The molecule has 0 aliphatic heterocycles. The highest BCUT2D eigenvalue weighted by atomic mass is 16.6. The summed E-state index contributed by atoms with van der Waals surface area (Å²) in [5.41, 5.74) is 3.01. The summed E-state index contributed by atoms with van der Waals surface area (Å²) >= 11 is 0. The monoisotopic (exact) mass is 362 g/mol. The summed E-state index contributed by atoms with van der Waals surface area (Å²) in [7, 11) is 2.84. The summed E-state index contributed by atoms with van der Waals surface area (Å²) in [6.45, 7) is 1.27. The molecule has 0 bridgehead atoms. The molecular formula is C16H18N4O6. The molecule has 0 saturated carbocycles. The van der Waals surface area contributed by atoms with E-state index in [1.165, 1.54) is 33.4 Å². The molecule has 0 spiro atoms. The van der Waals surface area contributed by atoms with Crippen LogP contribution in [0.25, 0.3) is 0 Å². The van der Waals surface area contributed by atoms with E-state index in [1.807, 2.05) is 0 Å². The summed E-state index contributed by atoms with van der Waals surface area (Å²) in [6, 6.07) is 4.42. The molecule has 26 heavy (non-hydrogen) atoms. The zero-order chi connectivity index (χ0) is 19.1. The van der Waals surface area contributed by atoms with Crippen LogP contribution < -0.4 is 25.2 Å². The molecule has 0 aliphatic carbocycles. The van der Waals surface area contributed by atoms with Crippen LogP contribution in [0, 0.1) is 0 Å². The van der Waals surface area contributed by atoms with Crippen LogP contribution in [0.5, 0.6) is 17.2 Å². The predicted octanol–water partition coefficient (Wildman–Crippen LogP) is 0.338. The van der Waals surface area contributed by atoms with Gasteiger partial charge in [0, 0.05) is 24.2 Å². The number of methoxy groups -OCH3 is 2. The fraction of sp³-hybridized carbons (Fsp3) is 0.250. The van der Waals surface area contributed by atoms with E-state index in [2.05, 4.69) is 20.7 Å². The second kappa shape index (κ2) is 8.51. The van der Waals surface area contributed by atoms with Crippen molar-refractivity contribution in [3.8, 4) is 17.2 Å². The first-order chi connectivity index (χ1) is 12.4. The smallest absolute Gasteiger partial charge is 0.308 e. The molecular weight excluding hydrogens is 344 g/mol. The van der Waals surface area contributed by atoms with Gasteiger partial charge in [0.15, 0.2) is 11.5 Å². The van der Waals surface area contributed by atoms with Gasteiger partial charge in [-0.2, -0.15) is 5.10 Å². The Labute approximate surface area is 148 Å². The first kappa shape index (κ1) is 18.8. The fourth-order valence-corrected chi connectivity index (χ4v) is 2.08. The summed E-state index contributed by atoms with van der Waals surface area (Å²) in [4.78, 5) is 34.0. The summed E-state index contributed by atoms with van der Waals surface area (Å²) in [5, 5.41) is 8.75. The van der Waals surface area contributed by atoms with E-state index in [-0.39, 0.29) is 29.2 Å². The third-order valence-corrected chi connectivity index (χ3v) is 3.13. The number of carbonyl (C=O) groups is 2. The summed E-state index contributed by atoms with van der Waals surface area (Å²) in [6.07, 6.45) is 1.34. The van der Waals surface area contributed by atoms with Gasteiger partial charge in [-0.05, 0) is 12.1 Å². The van der Waals surface area contributed by atoms with Gasteiger partial charge >= 0.3 is 5.97 Å². The van der Waals surface area contributed by atoms with Crippen molar-refractivity contribution < 1.29 is 23.8 Å². The Morgan fingerprint density at radius 3 is 2.31 bits per heavy atom. The molecule has 0 radical (unpaired) electrons. The van der Waals surface area contributed by atoms with Gasteiger partial charge in [-0.1, -0.05) is 0 Å². The Hall–Kier alpha value is -3.56. The molecule has 2 aromatic rings. The van der Waals surface area contributed by atoms with Gasteiger partial charge < -0.3 is 19.3 Å². The van der Waals surface area contributed by atoms with E-state index < -0.39 is 11.9 Å². The van der Waals surface area contributed by atoms with Crippen LogP contribution >= 0.6 is 0 Å². The van der Waals surface area contributed by atoms with Crippen molar-refractivity contribution in [2.24, 2.45) is 5.10 Å². The molecule has 10 nitrogen and oxygen atoms in total. The number of H-pyrrole nitrogens is 2. The van der Waals surface area contributed by atoms with Gasteiger partial charge in [-0.3, -0.25) is 19.5 Å². The van der Waals surface area contributed by atoms with E-state index in [9.17, 15) is 14.4 Å². The first-order valence-electron chi connectivity index (χ1n) is 7.46. The van der Waals surface area contributed by atoms with Crippen LogP contribution in [0.1, 0.15) is 18.2 Å². The van der Waals surface area contributed by atoms with Crippen molar-refractivity contribution in [2.45, 2.75) is 13.3 Å². The van der Waals surface area contributed by atoms with Crippen LogP contribution in [0.15, 0.2) is 28.1 Å². The molecule has 0 fully saturated rings. The number of carbonyl (C=O) groups excluding carboxylic acids is 2. The molecule has 2 rings (SSSR count). The van der Waals surface area contributed by atoms with Gasteiger partial charge in [0.2, 0.25) is 11.7 Å². The largest absolute Gasteiger partial charge is 0.493 e. The van der Waals surface area contributed by atoms with Crippen molar-refractivity contribution >= 4 is 18.1 Å². The summed E-state index contributed by atoms with van der Waals surface area (Å²) in [5.74, 6) is -0.223. The van der Waals surface area contributed by atoms with Crippen LogP contribution in [-0.4, -0.2) is 42.5 Å². The number of amides is 1. The minimum absolute atomic E-state index is 0.0336. The van der Waals surface area contributed by atoms with Gasteiger partial charge in [-0.15, -0.1) is 0 Å². The average molecular weight is 362 g/mol. The molecule has 0 atom stereocenters. The Balaban J connectivity index is 2.10. The fourth-order valence-electron chi connectivity index (χ4n) is 2.08. The second-order valence-electron chi connectivity index (χ2n) is 5.10. The Kier molecular flexibility index (Phi) is 6.15. The van der Waals surface area contributed by atoms with Crippen LogP contribution in [0.3, 0.4) is 0 Å². The van der Waals surface area contributed by atoms with Crippen LogP contribution in [0.2, 0.25) is 0 Å². The standard InChI is InChI=1S/C16H18N4O6/c1-9(21)26-16-12(24-2)4-10(5-13(16)25-3)8-17-19-14(22)6-11-7-15(23)20-18-11/h4-5,7-8H,6H2,1-3H3,(H,19,22)(H2,18,20,23)/b17-8-. The SMILES string of the molecule is COc1cc(/C=N\NC(=O)Cc2cc(=O)[nH][nH]2)cc(OC)c1OC(C)=O. The Bertz CT molecular complexity index is 858. The lowest BCUT2D eigenvalue weighted by Crippen LogP contribution is -2.20. The second-order valence-corrected chi connectivity index (χ2v) is 5.10. The lowest BCUT2D eigenvalue weighted by molar-refractivity contribution is -0.132. The number of hydrogen-bond acceptors (Lipinski definition) is 7. The Morgan fingerprint density at radius 1 is 1.15 bits per heavy atom. The number of aromatic nitrogens is 2. The number of nitrogens with one attached hydrogen (secondary N) is 3. The zero-order valence-corrected chi connectivity index (χ0v) is 14.4. The van der Waals surface area contributed by atoms with E-state index >= 15 is 0 Å². The third-order valence-electron chi connectivity index (χ3n) is 3.13. The van der Waals surface area contributed by atoms with Crippen molar-refractivity contribution in [1.29, 1.82) is 0 Å². The lowest BCUT2D eigenvalue weighted by atomic mass is 10.2. The normalized spacial score (nSPS) is 10.6. The van der Waals surface area contributed by atoms with Crippen molar-refractivity contribution in [3.63, 3.8) is 0 Å². The first-order valence-corrected chi connectivity index (χ1v) is 7.46. The van der Waals surface area contributed by atoms with Gasteiger partial charge in [0.25, 0.3) is 5.56 Å². The van der Waals surface area contributed by atoms with Crippen molar-refractivity contribution in [1.82, 2.24) is 15.6 Å². The maximum atomic E-state index is 11.8. The number of nitrogens with zero attached hydrogens (tertiary/aromatic N) is 1. The van der Waals surface area contributed by atoms with E-state index in [0.717, 1.165) is 0 Å². The Morgan fingerprint density at radius 2 is 1.81 bits per heavy atom. The lowest BCUT2D eigenvalue weighted by Gasteiger charge is -2.13. The minimum atomic E-state index is -0.516. The highest BCUT2D eigenvalue weighted by Gasteiger charge is 2.15. The van der Waals surface area contributed by atoms with Gasteiger partial charge in [0.1, 0.15) is 0 Å². The number of ether oxygens (including phenoxy) is 3. The predicted molar refractivity (Wildman–Crippen MR) is 91.7 cm³/mol. The highest BCUT2D eigenvalue weighted by molar-refractivity contribution is 5.85. The van der Waals surface area contributed by atoms with E-state index in [0.29, 0.717) is 11.3 Å². The molecule has 0 unspecified atom stereocenters. The van der Waals surface area contributed by atoms with Crippen LogP contribution in [0.4, 0.5) is 0 Å². The number of esters is 1. The highest BCUT2D eigenvalue weighted by Crippen LogP contribution is 2.38. The maximum absolute atomic E-state index is 11.8. The molecule has 1 aromatic heterocycles. The molecule has 10 heteroatoms. The number of hydrazone groups is 1. The molecule has 1 heterocycles. The van der Waals surface area contributed by atoms with Crippen molar-refractivity contribution in [2.75, 3.05) is 14.2 Å². The number of rotatable bonds is 7. The molecule has 0 aliphatic rings. The molecule has 0 saturated heterocycles. The molecule has 1 amide bonds. The minimum Gasteiger partial charge on any atom is -0.493 e. The van der Waals surface area contributed by atoms with Crippen LogP contribution in [-0.2, 0) is 16.0 Å². The van der Waals surface area contributed by atoms with Gasteiger partial charge in [0.05, 0.1) is 26.9 Å². The maximum Gasteiger partial charge on any atom is 0.308 e. The number of aromatic amines is 2. The average Bonchev–Trinajstić information content (AvgIpc) is 2.99. The zero-order valence-electron chi connectivity index (χ0n) is 14.4. The quantitative estimate of drug-likeness (QED) is 0.281. The number of benzene rings is 1. The van der Waals surface area contributed by atoms with E-state index in [1.54, 1.807) is 12.1 Å². The molecule has 1 aromatic carbocycles. The molecule has 138 valence electrons. The number of hydrogen-bond donors (Lipinski definition) is 3. The topological polar surface area (TPSA) is 135 Å². The van der Waals surface area contributed by atoms with Gasteiger partial charge in [-0.25, -0.2) is 5.43 Å². The third kappa shape index (κ3) is 4.97. The summed E-state index contributed by atoms with van der Waals surface area (Å²) < 4.78 is 15.5. The van der Waals surface area contributed by atoms with Crippen molar-refractivity contribution in [3.05, 3.63) is 39.8 Å².